The summed E-state index contributed by atoms with van der Waals surface area (Å²) in [6.07, 6.45) is 0.837. The Morgan fingerprint density at radius 1 is 1.50 bits per heavy atom. The molecule has 0 radical (unpaired) electrons. The molecule has 60 valence electrons. The molecule has 0 aromatic rings. The van der Waals surface area contributed by atoms with Crippen LogP contribution >= 0.6 is 39.0 Å². The molecule has 1 heterocycles. The van der Waals surface area contributed by atoms with Crippen LogP contribution in [0.1, 0.15) is 6.92 Å². The normalized spacial score (nSPS) is 55.4. The molecule has 0 saturated carbocycles. The van der Waals surface area contributed by atoms with Crippen LogP contribution in [0.2, 0.25) is 0 Å². The van der Waals surface area contributed by atoms with E-state index in [2.05, 4.69) is 38.8 Å². The summed E-state index contributed by atoms with van der Waals surface area (Å²) in [7, 11) is -1.84. The first kappa shape index (κ1) is 9.28. The zero-order valence-corrected chi connectivity index (χ0v) is 10.1. The van der Waals surface area contributed by atoms with E-state index in [9.17, 15) is 4.57 Å². The van der Waals surface area contributed by atoms with E-state index in [0.29, 0.717) is 15.3 Å². The molecule has 0 aliphatic carbocycles. The Hall–Kier alpha value is 1.19. The van der Waals surface area contributed by atoms with Gasteiger partial charge in [0.15, 0.2) is 0 Å². The van der Waals surface area contributed by atoms with E-state index in [-0.39, 0.29) is 0 Å². The number of halogens is 2. The summed E-state index contributed by atoms with van der Waals surface area (Å²) in [5.41, 5.74) is 0.330. The molecule has 10 heavy (non-hydrogen) atoms. The predicted molar refractivity (Wildman–Crippen MR) is 53.3 cm³/mol. The van der Waals surface area contributed by atoms with Crippen molar-refractivity contribution in [1.29, 1.82) is 0 Å². The third-order valence-electron chi connectivity index (χ3n) is 2.20. The van der Waals surface area contributed by atoms with Crippen LogP contribution in [0.5, 0.6) is 0 Å². The van der Waals surface area contributed by atoms with Gasteiger partial charge in [0.1, 0.15) is 0 Å². The largest absolute Gasteiger partial charge is 0.323 e. The quantitative estimate of drug-likeness (QED) is 0.495. The minimum Gasteiger partial charge on any atom is -0.323 e. The Kier molecular flexibility index (Phi) is 2.70. The Bertz CT molecular complexity index is 183. The summed E-state index contributed by atoms with van der Waals surface area (Å²) in [6.45, 7) is 3.95. The lowest BCUT2D eigenvalue weighted by atomic mass is 10.3. The minimum atomic E-state index is -1.84. The molecule has 1 aliphatic rings. The van der Waals surface area contributed by atoms with E-state index in [4.69, 9.17) is 0 Å². The van der Waals surface area contributed by atoms with Crippen molar-refractivity contribution in [2.24, 2.45) is 0 Å². The van der Waals surface area contributed by atoms with Crippen LogP contribution in [-0.2, 0) is 4.57 Å². The highest BCUT2D eigenvalue weighted by Gasteiger charge is 2.42. The fourth-order valence-corrected chi connectivity index (χ4v) is 7.67. The smallest absolute Gasteiger partial charge is 0.0897 e. The maximum Gasteiger partial charge on any atom is 0.0897 e. The van der Waals surface area contributed by atoms with Gasteiger partial charge in [-0.05, 0) is 6.66 Å². The van der Waals surface area contributed by atoms with Crippen LogP contribution in [0.25, 0.3) is 0 Å². The molecular formula is C6H11Br2OP. The van der Waals surface area contributed by atoms with E-state index in [0.717, 1.165) is 6.16 Å². The van der Waals surface area contributed by atoms with Gasteiger partial charge >= 0.3 is 0 Å². The Balaban J connectivity index is 2.82. The van der Waals surface area contributed by atoms with Crippen LogP contribution < -0.4 is 0 Å². The van der Waals surface area contributed by atoms with Gasteiger partial charge in [-0.3, -0.25) is 0 Å². The summed E-state index contributed by atoms with van der Waals surface area (Å²) in [6, 6.07) is 0. The zero-order chi connectivity index (χ0) is 7.94. The second kappa shape index (κ2) is 2.91. The summed E-state index contributed by atoms with van der Waals surface area (Å²) in [5.74, 6) is 0. The Morgan fingerprint density at radius 2 is 2.00 bits per heavy atom. The lowest BCUT2D eigenvalue weighted by Crippen LogP contribution is -2.15. The third-order valence-corrected chi connectivity index (χ3v) is 9.31. The van der Waals surface area contributed by atoms with Gasteiger partial charge in [-0.25, -0.2) is 0 Å². The van der Waals surface area contributed by atoms with Gasteiger partial charge in [-0.2, -0.15) is 0 Å². The average Bonchev–Trinajstić information content (AvgIpc) is 1.95. The minimum absolute atomic E-state index is 0.330. The summed E-state index contributed by atoms with van der Waals surface area (Å²) < 4.78 is 11.7. The van der Waals surface area contributed by atoms with Crippen molar-refractivity contribution >= 4 is 39.0 Å². The highest BCUT2D eigenvalue weighted by Crippen LogP contribution is 2.58. The molecule has 4 unspecified atom stereocenters. The molecule has 4 atom stereocenters. The first-order valence-corrected chi connectivity index (χ1v) is 7.53. The summed E-state index contributed by atoms with van der Waals surface area (Å²) in [4.78, 5) is 0.793. The molecule has 1 saturated heterocycles. The summed E-state index contributed by atoms with van der Waals surface area (Å²) >= 11 is 7.03. The van der Waals surface area contributed by atoms with Gasteiger partial charge in [0.2, 0.25) is 0 Å². The van der Waals surface area contributed by atoms with Gasteiger partial charge in [0.25, 0.3) is 0 Å². The third kappa shape index (κ3) is 1.51. The molecule has 0 N–H and O–H groups in total. The van der Waals surface area contributed by atoms with Crippen molar-refractivity contribution in [3.05, 3.63) is 0 Å². The Labute approximate surface area is 78.6 Å². The van der Waals surface area contributed by atoms with E-state index in [1.165, 1.54) is 0 Å². The van der Waals surface area contributed by atoms with Crippen LogP contribution in [0, 0.1) is 0 Å². The SMILES string of the molecule is CC1C(Br)C(Br)CP1(C)=O. The Morgan fingerprint density at radius 3 is 2.10 bits per heavy atom. The monoisotopic (exact) mass is 288 g/mol. The maximum atomic E-state index is 11.7. The molecule has 1 rings (SSSR count). The van der Waals surface area contributed by atoms with Crippen LogP contribution in [0.15, 0.2) is 0 Å². The lowest BCUT2D eigenvalue weighted by molar-refractivity contribution is 0.577. The average molecular weight is 290 g/mol. The van der Waals surface area contributed by atoms with Gasteiger partial charge in [-0.15, -0.1) is 0 Å². The first-order chi connectivity index (χ1) is 4.45. The molecule has 0 aromatic heterocycles. The van der Waals surface area contributed by atoms with Crippen molar-refractivity contribution in [3.63, 3.8) is 0 Å². The van der Waals surface area contributed by atoms with Crippen molar-refractivity contribution in [3.8, 4) is 0 Å². The standard InChI is InChI=1S/C6H11Br2OP/c1-4-6(8)5(7)3-10(4,2)9/h4-6H,3H2,1-2H3. The highest BCUT2D eigenvalue weighted by atomic mass is 79.9. The molecule has 0 spiro atoms. The molecule has 1 nitrogen and oxygen atoms in total. The van der Waals surface area contributed by atoms with Crippen molar-refractivity contribution < 1.29 is 4.57 Å². The van der Waals surface area contributed by atoms with Gasteiger partial charge < -0.3 is 4.57 Å². The van der Waals surface area contributed by atoms with Crippen molar-refractivity contribution in [1.82, 2.24) is 0 Å². The van der Waals surface area contributed by atoms with Gasteiger partial charge in [-0.1, -0.05) is 38.8 Å². The molecular weight excluding hydrogens is 279 g/mol. The number of alkyl halides is 2. The fourth-order valence-electron chi connectivity index (χ4n) is 1.22. The van der Waals surface area contributed by atoms with Crippen LogP contribution in [0.3, 0.4) is 0 Å². The van der Waals surface area contributed by atoms with E-state index < -0.39 is 7.14 Å². The molecule has 0 bridgehead atoms. The topological polar surface area (TPSA) is 17.1 Å². The summed E-state index contributed by atoms with van der Waals surface area (Å²) in [5, 5.41) is 0. The number of hydrogen-bond donors (Lipinski definition) is 0. The second-order valence-electron chi connectivity index (χ2n) is 3.06. The van der Waals surface area contributed by atoms with Crippen LogP contribution in [-0.4, -0.2) is 28.1 Å². The van der Waals surface area contributed by atoms with Crippen molar-refractivity contribution in [2.45, 2.75) is 22.2 Å². The van der Waals surface area contributed by atoms with Gasteiger partial charge in [0.05, 0.1) is 7.14 Å². The number of hydrogen-bond acceptors (Lipinski definition) is 1. The fraction of sp³-hybridized carbons (Fsp3) is 1.00. The highest BCUT2D eigenvalue weighted by molar-refractivity contribution is 9.12. The number of rotatable bonds is 0. The second-order valence-corrected chi connectivity index (χ2v) is 8.82. The molecule has 4 heteroatoms. The zero-order valence-electron chi connectivity index (χ0n) is 6.05. The van der Waals surface area contributed by atoms with Crippen LogP contribution in [0.4, 0.5) is 0 Å². The molecule has 1 fully saturated rings. The molecule has 0 amide bonds. The molecule has 1 aliphatic heterocycles. The van der Waals surface area contributed by atoms with Gasteiger partial charge in [0, 0.05) is 21.5 Å². The van der Waals surface area contributed by atoms with E-state index >= 15 is 0 Å². The first-order valence-electron chi connectivity index (χ1n) is 3.29. The lowest BCUT2D eigenvalue weighted by Gasteiger charge is -2.12. The predicted octanol–water partition coefficient (Wildman–Crippen LogP) is 2.91. The van der Waals surface area contributed by atoms with Crippen molar-refractivity contribution in [2.75, 3.05) is 12.8 Å². The maximum absolute atomic E-state index is 11.7. The van der Waals surface area contributed by atoms with E-state index in [1.54, 1.807) is 0 Å². The van der Waals surface area contributed by atoms with E-state index in [1.807, 2.05) is 6.66 Å². The molecule has 0 aromatic carbocycles.